The van der Waals surface area contributed by atoms with Crippen molar-refractivity contribution >= 4 is 15.9 Å². The Bertz CT molecular complexity index is 312. The maximum Gasteiger partial charge on any atom is 0.0233 e. The second-order valence-corrected chi connectivity index (χ2v) is 5.85. The first kappa shape index (κ1) is 13.1. The predicted molar refractivity (Wildman–Crippen MR) is 77.5 cm³/mol. The highest BCUT2D eigenvalue weighted by atomic mass is 79.9. The van der Waals surface area contributed by atoms with Crippen LogP contribution < -0.4 is 0 Å². The highest BCUT2D eigenvalue weighted by Crippen LogP contribution is 2.22. The van der Waals surface area contributed by atoms with Gasteiger partial charge in [-0.05, 0) is 43.7 Å². The van der Waals surface area contributed by atoms with Crippen LogP contribution >= 0.6 is 15.9 Å². The number of alkyl halides is 1. The lowest BCUT2D eigenvalue weighted by molar-refractivity contribution is 0.161. The van der Waals surface area contributed by atoms with Crippen LogP contribution in [0.5, 0.6) is 0 Å². The number of hydrogen-bond acceptors (Lipinski definition) is 1. The quantitative estimate of drug-likeness (QED) is 0.740. The number of halogens is 1. The number of benzene rings is 1. The van der Waals surface area contributed by atoms with Crippen molar-refractivity contribution in [2.75, 3.05) is 18.4 Å². The topological polar surface area (TPSA) is 3.24 Å². The van der Waals surface area contributed by atoms with Gasteiger partial charge >= 0.3 is 0 Å². The van der Waals surface area contributed by atoms with E-state index in [2.05, 4.69) is 51.2 Å². The molecule has 1 aliphatic heterocycles. The predicted octanol–water partition coefficient (Wildman–Crippen LogP) is 4.07. The molecule has 0 radical (unpaired) electrons. The van der Waals surface area contributed by atoms with Gasteiger partial charge < -0.3 is 0 Å². The zero-order chi connectivity index (χ0) is 11.9. The van der Waals surface area contributed by atoms with Crippen LogP contribution in [0.4, 0.5) is 0 Å². The molecule has 0 amide bonds. The first-order chi connectivity index (χ1) is 8.38. The molecule has 0 unspecified atom stereocenters. The number of hydrogen-bond donors (Lipinski definition) is 0. The minimum absolute atomic E-state index is 0.921. The molecule has 0 aliphatic carbocycles. The Morgan fingerprint density at radius 3 is 2.82 bits per heavy atom. The van der Waals surface area contributed by atoms with E-state index in [-0.39, 0.29) is 0 Å². The van der Waals surface area contributed by atoms with E-state index in [1.807, 2.05) is 0 Å². The molecule has 0 N–H and O–H groups in total. The van der Waals surface area contributed by atoms with Crippen LogP contribution in [0.3, 0.4) is 0 Å². The lowest BCUT2D eigenvalue weighted by atomic mass is 9.93. The van der Waals surface area contributed by atoms with Crippen LogP contribution in [0.15, 0.2) is 30.3 Å². The highest BCUT2D eigenvalue weighted by Gasteiger charge is 2.19. The van der Waals surface area contributed by atoms with Gasteiger partial charge in [-0.15, -0.1) is 0 Å². The minimum atomic E-state index is 0.921. The first-order valence-corrected chi connectivity index (χ1v) is 7.83. The van der Waals surface area contributed by atoms with Crippen LogP contribution in [-0.4, -0.2) is 23.3 Å². The normalized spacial score (nSPS) is 21.6. The summed E-state index contributed by atoms with van der Waals surface area (Å²) in [4.78, 5) is 2.62. The van der Waals surface area contributed by atoms with Gasteiger partial charge in [0.1, 0.15) is 0 Å². The highest BCUT2D eigenvalue weighted by molar-refractivity contribution is 9.09. The van der Waals surface area contributed by atoms with Crippen molar-refractivity contribution in [1.82, 2.24) is 4.90 Å². The molecule has 1 nitrogen and oxygen atoms in total. The van der Waals surface area contributed by atoms with E-state index in [9.17, 15) is 0 Å². The molecule has 94 valence electrons. The third-order valence-corrected chi connectivity index (χ3v) is 4.16. The summed E-state index contributed by atoms with van der Waals surface area (Å²) in [6.45, 7) is 3.70. The molecule has 2 heteroatoms. The number of rotatable bonds is 5. The van der Waals surface area contributed by atoms with Crippen LogP contribution in [0, 0.1) is 5.92 Å². The van der Waals surface area contributed by atoms with Crippen LogP contribution in [0.1, 0.15) is 31.2 Å². The summed E-state index contributed by atoms with van der Waals surface area (Å²) in [6.07, 6.45) is 5.51. The second kappa shape index (κ2) is 7.17. The van der Waals surface area contributed by atoms with Crippen LogP contribution in [0.2, 0.25) is 0 Å². The number of nitrogens with zero attached hydrogens (tertiary/aromatic N) is 1. The van der Waals surface area contributed by atoms with Gasteiger partial charge in [0.2, 0.25) is 0 Å². The molecule has 0 spiro atoms. The number of piperidine rings is 1. The van der Waals surface area contributed by atoms with E-state index in [0.29, 0.717) is 0 Å². The Kier molecular flexibility index (Phi) is 5.53. The summed E-state index contributed by atoms with van der Waals surface area (Å²) in [7, 11) is 0. The molecular formula is C15H22BrN. The Morgan fingerprint density at radius 2 is 2.06 bits per heavy atom. The molecule has 1 aliphatic rings. The molecule has 1 aromatic rings. The van der Waals surface area contributed by atoms with Crippen molar-refractivity contribution < 1.29 is 0 Å². The fourth-order valence-corrected chi connectivity index (χ4v) is 3.06. The van der Waals surface area contributed by atoms with Crippen LogP contribution in [0.25, 0.3) is 0 Å². The maximum absolute atomic E-state index is 3.53. The molecule has 0 aromatic heterocycles. The van der Waals surface area contributed by atoms with E-state index >= 15 is 0 Å². The molecular weight excluding hydrogens is 274 g/mol. The van der Waals surface area contributed by atoms with E-state index in [4.69, 9.17) is 0 Å². The van der Waals surface area contributed by atoms with Crippen molar-refractivity contribution in [2.45, 2.75) is 32.2 Å². The molecule has 0 saturated carbocycles. The second-order valence-electron chi connectivity index (χ2n) is 5.06. The average molecular weight is 296 g/mol. The minimum Gasteiger partial charge on any atom is -0.299 e. The molecule has 17 heavy (non-hydrogen) atoms. The van der Waals surface area contributed by atoms with E-state index in [1.54, 1.807) is 0 Å². The van der Waals surface area contributed by atoms with Gasteiger partial charge in [0.15, 0.2) is 0 Å². The third-order valence-electron chi connectivity index (χ3n) is 3.60. The molecule has 1 aromatic carbocycles. The molecule has 1 fully saturated rings. The molecule has 1 saturated heterocycles. The summed E-state index contributed by atoms with van der Waals surface area (Å²) in [5.41, 5.74) is 1.45. The van der Waals surface area contributed by atoms with Gasteiger partial charge in [-0.25, -0.2) is 0 Å². The van der Waals surface area contributed by atoms with Crippen molar-refractivity contribution in [1.29, 1.82) is 0 Å². The Labute approximate surface area is 113 Å². The summed E-state index contributed by atoms with van der Waals surface area (Å²) >= 11 is 3.53. The fraction of sp³-hybridized carbons (Fsp3) is 0.600. The molecule has 0 bridgehead atoms. The lowest BCUT2D eigenvalue weighted by Crippen LogP contribution is -2.34. The van der Waals surface area contributed by atoms with Gasteiger partial charge in [-0.2, -0.15) is 0 Å². The van der Waals surface area contributed by atoms with Crippen LogP contribution in [-0.2, 0) is 6.54 Å². The SMILES string of the molecule is BrCCC[C@@H]1CCCN(Cc2ccccc2)C1. The maximum atomic E-state index is 3.53. The summed E-state index contributed by atoms with van der Waals surface area (Å²) in [5.74, 6) is 0.921. The van der Waals surface area contributed by atoms with Crippen molar-refractivity contribution in [2.24, 2.45) is 5.92 Å². The summed E-state index contributed by atoms with van der Waals surface area (Å²) < 4.78 is 0. The zero-order valence-corrected chi connectivity index (χ0v) is 12.0. The van der Waals surface area contributed by atoms with E-state index in [1.165, 1.54) is 44.3 Å². The summed E-state index contributed by atoms with van der Waals surface area (Å²) in [6, 6.07) is 10.9. The van der Waals surface area contributed by atoms with Gasteiger partial charge in [0.05, 0.1) is 0 Å². The van der Waals surface area contributed by atoms with Gasteiger partial charge in [0, 0.05) is 18.4 Å². The average Bonchev–Trinajstić information content (AvgIpc) is 2.38. The zero-order valence-electron chi connectivity index (χ0n) is 10.4. The monoisotopic (exact) mass is 295 g/mol. The third kappa shape index (κ3) is 4.44. The van der Waals surface area contributed by atoms with Crippen molar-refractivity contribution in [3.8, 4) is 0 Å². The fourth-order valence-electron chi connectivity index (χ4n) is 2.74. The Morgan fingerprint density at radius 1 is 1.24 bits per heavy atom. The number of likely N-dealkylation sites (tertiary alicyclic amines) is 1. The molecule has 1 atom stereocenters. The molecule has 1 heterocycles. The summed E-state index contributed by atoms with van der Waals surface area (Å²) in [5, 5.41) is 1.15. The van der Waals surface area contributed by atoms with Gasteiger partial charge in [0.25, 0.3) is 0 Å². The van der Waals surface area contributed by atoms with Crippen molar-refractivity contribution in [3.63, 3.8) is 0 Å². The van der Waals surface area contributed by atoms with Crippen molar-refractivity contribution in [3.05, 3.63) is 35.9 Å². The van der Waals surface area contributed by atoms with E-state index < -0.39 is 0 Å². The Hall–Kier alpha value is -0.340. The van der Waals surface area contributed by atoms with E-state index in [0.717, 1.165) is 17.8 Å². The first-order valence-electron chi connectivity index (χ1n) is 6.70. The largest absolute Gasteiger partial charge is 0.299 e. The standard InChI is InChI=1S/C15H22BrN/c16-10-4-8-15-9-5-11-17(13-15)12-14-6-2-1-3-7-14/h1-3,6-7,15H,4-5,8-13H2/t15-/m1/s1. The Balaban J connectivity index is 1.81. The van der Waals surface area contributed by atoms with Gasteiger partial charge in [-0.1, -0.05) is 46.3 Å². The smallest absolute Gasteiger partial charge is 0.0233 e. The van der Waals surface area contributed by atoms with Gasteiger partial charge in [-0.3, -0.25) is 4.90 Å². The lowest BCUT2D eigenvalue weighted by Gasteiger charge is -2.32. The molecule has 2 rings (SSSR count).